The molecule has 0 bridgehead atoms. The fourth-order valence-corrected chi connectivity index (χ4v) is 2.22. The van der Waals surface area contributed by atoms with Gasteiger partial charge in [-0.05, 0) is 24.8 Å². The Bertz CT molecular complexity index is 577. The molecule has 4 N–H and O–H groups in total. The van der Waals surface area contributed by atoms with Crippen LogP contribution in [0.5, 0.6) is 0 Å². The number of H-pyrrole nitrogens is 1. The van der Waals surface area contributed by atoms with Crippen LogP contribution in [0.4, 0.5) is 5.69 Å². The molecule has 0 fully saturated rings. The summed E-state index contributed by atoms with van der Waals surface area (Å²) in [7, 11) is 0. The summed E-state index contributed by atoms with van der Waals surface area (Å²) in [6, 6.07) is 10.2. The van der Waals surface area contributed by atoms with Crippen LogP contribution in [0.1, 0.15) is 41.5 Å². The summed E-state index contributed by atoms with van der Waals surface area (Å²) in [5.41, 5.74) is 8.82. The van der Waals surface area contributed by atoms with Crippen LogP contribution in [0.15, 0.2) is 30.3 Å². The van der Waals surface area contributed by atoms with Gasteiger partial charge in [-0.3, -0.25) is 9.89 Å². The zero-order valence-corrected chi connectivity index (χ0v) is 12.4. The molecule has 112 valence electrons. The first-order valence-corrected chi connectivity index (χ1v) is 7.37. The third-order valence-electron chi connectivity index (χ3n) is 3.37. The van der Waals surface area contributed by atoms with E-state index in [4.69, 9.17) is 5.73 Å². The number of nitrogens with zero attached hydrogens (tertiary/aromatic N) is 1. The van der Waals surface area contributed by atoms with Crippen molar-refractivity contribution >= 4 is 11.6 Å². The zero-order chi connectivity index (χ0) is 15.1. The number of amides is 1. The summed E-state index contributed by atoms with van der Waals surface area (Å²) in [6.07, 6.45) is 3.60. The van der Waals surface area contributed by atoms with Gasteiger partial charge in [-0.15, -0.1) is 0 Å². The maximum Gasteiger partial charge on any atom is 0.273 e. The monoisotopic (exact) mass is 286 g/mol. The Balaban J connectivity index is 1.79. The van der Waals surface area contributed by atoms with Crippen LogP contribution in [-0.4, -0.2) is 22.6 Å². The van der Waals surface area contributed by atoms with E-state index in [-0.39, 0.29) is 5.91 Å². The summed E-state index contributed by atoms with van der Waals surface area (Å²) >= 11 is 0. The SMILES string of the molecule is CCCc1[nH]nc(C(=O)NCCCc2ccccc2)c1N. The Morgan fingerprint density at radius 3 is 2.76 bits per heavy atom. The molecule has 1 heterocycles. The number of aromatic amines is 1. The van der Waals surface area contributed by atoms with Gasteiger partial charge in [0.15, 0.2) is 5.69 Å². The number of carbonyl (C=O) groups excluding carboxylic acids is 1. The lowest BCUT2D eigenvalue weighted by molar-refractivity contribution is 0.0949. The normalized spacial score (nSPS) is 10.5. The van der Waals surface area contributed by atoms with Crippen molar-refractivity contribution < 1.29 is 4.79 Å². The molecule has 5 nitrogen and oxygen atoms in total. The van der Waals surface area contributed by atoms with Crippen LogP contribution >= 0.6 is 0 Å². The Hall–Kier alpha value is -2.30. The standard InChI is InChI=1S/C16H22N4O/c1-2-7-13-14(17)15(20-19-13)16(21)18-11-6-10-12-8-4-3-5-9-12/h3-5,8-9H,2,6-7,10-11,17H2,1H3,(H,18,21)(H,19,20). The molecule has 5 heteroatoms. The number of nitrogens with two attached hydrogens (primary N) is 1. The minimum atomic E-state index is -0.209. The Morgan fingerprint density at radius 1 is 1.29 bits per heavy atom. The number of benzene rings is 1. The smallest absolute Gasteiger partial charge is 0.273 e. The number of aromatic nitrogens is 2. The molecular weight excluding hydrogens is 264 g/mol. The van der Waals surface area contributed by atoms with Gasteiger partial charge in [0, 0.05) is 6.54 Å². The number of hydrogen-bond donors (Lipinski definition) is 3. The average molecular weight is 286 g/mol. The van der Waals surface area contributed by atoms with E-state index in [1.54, 1.807) is 0 Å². The predicted molar refractivity (Wildman–Crippen MR) is 84.1 cm³/mol. The molecular formula is C16H22N4O. The second-order valence-electron chi connectivity index (χ2n) is 5.06. The van der Waals surface area contributed by atoms with Crippen LogP contribution in [0.3, 0.4) is 0 Å². The largest absolute Gasteiger partial charge is 0.395 e. The van der Waals surface area contributed by atoms with Crippen LogP contribution in [0.25, 0.3) is 0 Å². The van der Waals surface area contributed by atoms with E-state index in [2.05, 4.69) is 34.6 Å². The molecule has 0 saturated heterocycles. The lowest BCUT2D eigenvalue weighted by Gasteiger charge is -2.04. The van der Waals surface area contributed by atoms with Crippen LogP contribution < -0.4 is 11.1 Å². The Morgan fingerprint density at radius 2 is 2.05 bits per heavy atom. The van der Waals surface area contributed by atoms with Gasteiger partial charge in [0.1, 0.15) is 0 Å². The topological polar surface area (TPSA) is 83.8 Å². The van der Waals surface area contributed by atoms with Gasteiger partial charge in [0.25, 0.3) is 5.91 Å². The van der Waals surface area contributed by atoms with Gasteiger partial charge in [-0.1, -0.05) is 43.7 Å². The molecule has 0 saturated carbocycles. The first kappa shape index (κ1) is 15.1. The van der Waals surface area contributed by atoms with Crippen molar-refractivity contribution in [1.29, 1.82) is 0 Å². The van der Waals surface area contributed by atoms with Gasteiger partial charge in [0.05, 0.1) is 11.4 Å². The molecule has 2 aromatic rings. The van der Waals surface area contributed by atoms with E-state index in [0.717, 1.165) is 31.4 Å². The second-order valence-corrected chi connectivity index (χ2v) is 5.06. The molecule has 0 radical (unpaired) electrons. The summed E-state index contributed by atoms with van der Waals surface area (Å²) < 4.78 is 0. The number of rotatable bonds is 7. The van der Waals surface area contributed by atoms with Crippen molar-refractivity contribution in [1.82, 2.24) is 15.5 Å². The van der Waals surface area contributed by atoms with E-state index in [1.165, 1.54) is 5.56 Å². The zero-order valence-electron chi connectivity index (χ0n) is 12.4. The maximum atomic E-state index is 12.0. The van der Waals surface area contributed by atoms with Crippen molar-refractivity contribution in [3.8, 4) is 0 Å². The van der Waals surface area contributed by atoms with E-state index < -0.39 is 0 Å². The van der Waals surface area contributed by atoms with E-state index in [0.29, 0.717) is 17.9 Å². The molecule has 0 aliphatic carbocycles. The van der Waals surface area contributed by atoms with Gasteiger partial charge < -0.3 is 11.1 Å². The number of nitrogens with one attached hydrogen (secondary N) is 2. The quantitative estimate of drug-likeness (QED) is 0.683. The molecule has 1 amide bonds. The van der Waals surface area contributed by atoms with E-state index >= 15 is 0 Å². The first-order valence-electron chi connectivity index (χ1n) is 7.37. The van der Waals surface area contributed by atoms with Gasteiger partial charge >= 0.3 is 0 Å². The maximum absolute atomic E-state index is 12.0. The molecule has 0 aliphatic heterocycles. The molecule has 0 unspecified atom stereocenters. The van der Waals surface area contributed by atoms with Crippen LogP contribution in [-0.2, 0) is 12.8 Å². The highest BCUT2D eigenvalue weighted by Crippen LogP contribution is 2.15. The number of nitrogen functional groups attached to an aromatic ring is 1. The van der Waals surface area contributed by atoms with Gasteiger partial charge in [0.2, 0.25) is 0 Å². The predicted octanol–water partition coefficient (Wildman–Crippen LogP) is 2.31. The lowest BCUT2D eigenvalue weighted by atomic mass is 10.1. The van der Waals surface area contributed by atoms with Gasteiger partial charge in [-0.2, -0.15) is 5.10 Å². The third-order valence-corrected chi connectivity index (χ3v) is 3.37. The van der Waals surface area contributed by atoms with Crippen molar-refractivity contribution in [2.75, 3.05) is 12.3 Å². The highest BCUT2D eigenvalue weighted by Gasteiger charge is 2.16. The highest BCUT2D eigenvalue weighted by molar-refractivity contribution is 5.97. The van der Waals surface area contributed by atoms with Crippen molar-refractivity contribution in [2.45, 2.75) is 32.6 Å². The highest BCUT2D eigenvalue weighted by atomic mass is 16.1. The van der Waals surface area contributed by atoms with E-state index in [9.17, 15) is 4.79 Å². The van der Waals surface area contributed by atoms with Crippen LogP contribution in [0.2, 0.25) is 0 Å². The average Bonchev–Trinajstić information content (AvgIpc) is 2.86. The summed E-state index contributed by atoms with van der Waals surface area (Å²) in [5, 5.41) is 9.71. The number of carbonyl (C=O) groups is 1. The molecule has 0 atom stereocenters. The first-order chi connectivity index (χ1) is 10.2. The molecule has 0 aliphatic rings. The molecule has 21 heavy (non-hydrogen) atoms. The van der Waals surface area contributed by atoms with E-state index in [1.807, 2.05) is 18.2 Å². The molecule has 1 aromatic heterocycles. The molecule has 2 rings (SSSR count). The summed E-state index contributed by atoms with van der Waals surface area (Å²) in [5.74, 6) is -0.209. The third kappa shape index (κ3) is 4.08. The summed E-state index contributed by atoms with van der Waals surface area (Å²) in [6.45, 7) is 2.67. The second kappa shape index (κ2) is 7.47. The van der Waals surface area contributed by atoms with Crippen molar-refractivity contribution in [3.05, 3.63) is 47.3 Å². The molecule has 0 spiro atoms. The number of anilines is 1. The minimum absolute atomic E-state index is 0.209. The Labute approximate surface area is 124 Å². The summed E-state index contributed by atoms with van der Waals surface area (Å²) in [4.78, 5) is 12.0. The minimum Gasteiger partial charge on any atom is -0.395 e. The number of hydrogen-bond acceptors (Lipinski definition) is 3. The van der Waals surface area contributed by atoms with Crippen molar-refractivity contribution in [3.63, 3.8) is 0 Å². The van der Waals surface area contributed by atoms with Crippen LogP contribution in [0, 0.1) is 0 Å². The fourth-order valence-electron chi connectivity index (χ4n) is 2.22. The fraction of sp³-hybridized carbons (Fsp3) is 0.375. The molecule has 1 aromatic carbocycles. The van der Waals surface area contributed by atoms with Gasteiger partial charge in [-0.25, -0.2) is 0 Å². The number of aryl methyl sites for hydroxylation is 2. The van der Waals surface area contributed by atoms with Crippen molar-refractivity contribution in [2.24, 2.45) is 0 Å². The lowest BCUT2D eigenvalue weighted by Crippen LogP contribution is -2.26. The Kier molecular flexibility index (Phi) is 5.37.